The SMILES string of the molecule is CCN(C(=O)C1=C(C)N(C)c2nnnn2C1)[C@@H](C)c1cccnc1. The normalized spacial score (nSPS) is 15.2. The van der Waals surface area contributed by atoms with E-state index in [1.54, 1.807) is 17.1 Å². The molecule has 0 N–H and O–H groups in total. The lowest BCUT2D eigenvalue weighted by atomic mass is 10.1. The number of tetrazole rings is 1. The Balaban J connectivity index is 1.90. The van der Waals surface area contributed by atoms with E-state index < -0.39 is 0 Å². The van der Waals surface area contributed by atoms with Crippen molar-refractivity contribution >= 4 is 11.9 Å². The summed E-state index contributed by atoms with van der Waals surface area (Å²) in [6, 6.07) is 3.81. The van der Waals surface area contributed by atoms with Crippen molar-refractivity contribution in [3.05, 3.63) is 41.4 Å². The summed E-state index contributed by atoms with van der Waals surface area (Å²) in [7, 11) is 1.87. The fourth-order valence-corrected chi connectivity index (χ4v) is 2.95. The molecule has 1 aliphatic rings. The Kier molecular flexibility index (Phi) is 4.28. The molecule has 3 rings (SSSR count). The van der Waals surface area contributed by atoms with Crippen molar-refractivity contribution in [3.63, 3.8) is 0 Å². The summed E-state index contributed by atoms with van der Waals surface area (Å²) in [5, 5.41) is 11.6. The summed E-state index contributed by atoms with van der Waals surface area (Å²) in [5.74, 6) is 0.645. The molecule has 8 nitrogen and oxygen atoms in total. The number of fused-ring (bicyclic) bond motifs is 1. The van der Waals surface area contributed by atoms with Gasteiger partial charge in [-0.1, -0.05) is 11.2 Å². The molecular weight excluding hydrogens is 306 g/mol. The number of likely N-dealkylation sites (N-methyl/N-ethyl adjacent to an activating group) is 1. The van der Waals surface area contributed by atoms with Gasteiger partial charge in [-0.05, 0) is 42.8 Å². The molecule has 1 atom stereocenters. The van der Waals surface area contributed by atoms with Gasteiger partial charge in [-0.3, -0.25) is 9.78 Å². The zero-order chi connectivity index (χ0) is 17.3. The Labute approximate surface area is 140 Å². The molecule has 0 aliphatic carbocycles. The van der Waals surface area contributed by atoms with Gasteiger partial charge in [0.15, 0.2) is 0 Å². The van der Waals surface area contributed by atoms with Crippen LogP contribution in [0.15, 0.2) is 35.8 Å². The van der Waals surface area contributed by atoms with Crippen LogP contribution in [-0.4, -0.2) is 49.6 Å². The van der Waals surface area contributed by atoms with E-state index in [4.69, 9.17) is 0 Å². The Bertz CT molecular complexity index is 768. The van der Waals surface area contributed by atoms with Crippen molar-refractivity contribution in [2.75, 3.05) is 18.5 Å². The predicted octanol–water partition coefficient (Wildman–Crippen LogP) is 1.40. The highest BCUT2D eigenvalue weighted by Crippen LogP contribution is 2.27. The monoisotopic (exact) mass is 327 g/mol. The second-order valence-corrected chi connectivity index (χ2v) is 5.81. The van der Waals surface area contributed by atoms with Crippen LogP contribution in [0.4, 0.5) is 5.95 Å². The largest absolute Gasteiger partial charge is 0.332 e. The van der Waals surface area contributed by atoms with E-state index in [1.165, 1.54) is 0 Å². The van der Waals surface area contributed by atoms with Crippen LogP contribution in [0.2, 0.25) is 0 Å². The molecule has 2 aromatic rings. The van der Waals surface area contributed by atoms with Crippen LogP contribution in [0.25, 0.3) is 0 Å². The third-order valence-electron chi connectivity index (χ3n) is 4.55. The first-order chi connectivity index (χ1) is 11.5. The molecule has 8 heteroatoms. The molecule has 1 aliphatic heterocycles. The molecular formula is C16H21N7O. The average molecular weight is 327 g/mol. The Morgan fingerprint density at radius 2 is 2.25 bits per heavy atom. The summed E-state index contributed by atoms with van der Waals surface area (Å²) in [4.78, 5) is 21.0. The van der Waals surface area contributed by atoms with Crippen molar-refractivity contribution in [2.24, 2.45) is 0 Å². The van der Waals surface area contributed by atoms with Gasteiger partial charge in [0, 0.05) is 31.7 Å². The molecule has 0 saturated heterocycles. The summed E-state index contributed by atoms with van der Waals surface area (Å²) < 4.78 is 1.64. The van der Waals surface area contributed by atoms with E-state index in [0.717, 1.165) is 11.3 Å². The van der Waals surface area contributed by atoms with E-state index >= 15 is 0 Å². The lowest BCUT2D eigenvalue weighted by Gasteiger charge is -2.33. The maximum absolute atomic E-state index is 13.2. The number of anilines is 1. The van der Waals surface area contributed by atoms with E-state index in [9.17, 15) is 4.79 Å². The number of allylic oxidation sites excluding steroid dienone is 1. The smallest absolute Gasteiger partial charge is 0.253 e. The molecule has 126 valence electrons. The van der Waals surface area contributed by atoms with Crippen LogP contribution in [0.3, 0.4) is 0 Å². The molecule has 0 radical (unpaired) electrons. The third kappa shape index (κ3) is 2.64. The molecule has 0 unspecified atom stereocenters. The van der Waals surface area contributed by atoms with Gasteiger partial charge in [-0.25, -0.2) is 4.68 Å². The fourth-order valence-electron chi connectivity index (χ4n) is 2.95. The number of nitrogens with zero attached hydrogens (tertiary/aromatic N) is 7. The standard InChI is InChI=1S/C16H21N7O/c1-5-22(11(2)13-7-6-8-17-9-13)15(24)14-10-23-16(18-19-20-23)21(4)12(14)3/h6-9,11H,5,10H2,1-4H3/t11-/m0/s1. The number of hydrogen-bond acceptors (Lipinski definition) is 6. The lowest BCUT2D eigenvalue weighted by Crippen LogP contribution is -2.39. The molecule has 3 heterocycles. The molecule has 0 fully saturated rings. The first-order valence-corrected chi connectivity index (χ1v) is 7.95. The second-order valence-electron chi connectivity index (χ2n) is 5.81. The molecule has 24 heavy (non-hydrogen) atoms. The topological polar surface area (TPSA) is 80.0 Å². The number of carbonyl (C=O) groups is 1. The van der Waals surface area contributed by atoms with Crippen molar-refractivity contribution in [1.82, 2.24) is 30.1 Å². The van der Waals surface area contributed by atoms with Gasteiger partial charge in [-0.2, -0.15) is 0 Å². The van der Waals surface area contributed by atoms with Crippen LogP contribution in [0, 0.1) is 0 Å². The number of carbonyl (C=O) groups excluding carboxylic acids is 1. The third-order valence-corrected chi connectivity index (χ3v) is 4.55. The Morgan fingerprint density at radius 3 is 2.92 bits per heavy atom. The molecule has 2 aromatic heterocycles. The second kappa shape index (κ2) is 6.38. The number of pyridine rings is 1. The first kappa shape index (κ1) is 16.1. The molecule has 0 saturated carbocycles. The van der Waals surface area contributed by atoms with Gasteiger partial charge in [0.05, 0.1) is 18.2 Å². The Hall–Kier alpha value is -2.77. The van der Waals surface area contributed by atoms with Gasteiger partial charge in [0.25, 0.3) is 5.91 Å². The number of amides is 1. The highest BCUT2D eigenvalue weighted by Gasteiger charge is 2.30. The number of rotatable bonds is 4. The number of aromatic nitrogens is 5. The minimum Gasteiger partial charge on any atom is -0.332 e. The lowest BCUT2D eigenvalue weighted by molar-refractivity contribution is -0.129. The summed E-state index contributed by atoms with van der Waals surface area (Å²) in [6.45, 7) is 6.92. The predicted molar refractivity (Wildman–Crippen MR) is 89.0 cm³/mol. The minimum atomic E-state index is -0.0583. The van der Waals surface area contributed by atoms with Gasteiger partial charge in [-0.15, -0.1) is 0 Å². The quantitative estimate of drug-likeness (QED) is 0.844. The Morgan fingerprint density at radius 1 is 1.46 bits per heavy atom. The van der Waals surface area contributed by atoms with Crippen LogP contribution in [-0.2, 0) is 11.3 Å². The van der Waals surface area contributed by atoms with Gasteiger partial charge >= 0.3 is 0 Å². The van der Waals surface area contributed by atoms with Crippen LogP contribution in [0.5, 0.6) is 0 Å². The zero-order valence-electron chi connectivity index (χ0n) is 14.3. The van der Waals surface area contributed by atoms with Crippen LogP contribution in [0.1, 0.15) is 32.4 Å². The zero-order valence-corrected chi connectivity index (χ0v) is 14.3. The fraction of sp³-hybridized carbons (Fsp3) is 0.438. The number of hydrogen-bond donors (Lipinski definition) is 0. The maximum Gasteiger partial charge on any atom is 0.253 e. The van der Waals surface area contributed by atoms with Crippen LogP contribution >= 0.6 is 0 Å². The van der Waals surface area contributed by atoms with E-state index in [1.807, 2.05) is 49.8 Å². The van der Waals surface area contributed by atoms with Crippen molar-refractivity contribution in [3.8, 4) is 0 Å². The average Bonchev–Trinajstić information content (AvgIpc) is 3.08. The van der Waals surface area contributed by atoms with Crippen LogP contribution < -0.4 is 4.90 Å². The van der Waals surface area contributed by atoms with Crippen molar-refractivity contribution in [1.29, 1.82) is 0 Å². The molecule has 0 aromatic carbocycles. The highest BCUT2D eigenvalue weighted by molar-refractivity contribution is 5.95. The van der Waals surface area contributed by atoms with E-state index in [-0.39, 0.29) is 11.9 Å². The highest BCUT2D eigenvalue weighted by atomic mass is 16.2. The minimum absolute atomic E-state index is 0.000599. The molecule has 0 spiro atoms. The van der Waals surface area contributed by atoms with Crippen molar-refractivity contribution in [2.45, 2.75) is 33.4 Å². The van der Waals surface area contributed by atoms with E-state index in [2.05, 4.69) is 20.5 Å². The summed E-state index contributed by atoms with van der Waals surface area (Å²) in [6.07, 6.45) is 3.53. The molecule has 1 amide bonds. The summed E-state index contributed by atoms with van der Waals surface area (Å²) in [5.41, 5.74) is 2.59. The van der Waals surface area contributed by atoms with Gasteiger partial charge in [0.1, 0.15) is 0 Å². The maximum atomic E-state index is 13.2. The van der Waals surface area contributed by atoms with Crippen molar-refractivity contribution < 1.29 is 4.79 Å². The van der Waals surface area contributed by atoms with E-state index in [0.29, 0.717) is 24.6 Å². The summed E-state index contributed by atoms with van der Waals surface area (Å²) >= 11 is 0. The van der Waals surface area contributed by atoms with Gasteiger partial charge in [0.2, 0.25) is 5.95 Å². The first-order valence-electron chi connectivity index (χ1n) is 7.95. The molecule has 0 bridgehead atoms. The van der Waals surface area contributed by atoms with Gasteiger partial charge < -0.3 is 9.80 Å².